The summed E-state index contributed by atoms with van der Waals surface area (Å²) in [5, 5.41) is 2.88. The fourth-order valence-electron chi connectivity index (χ4n) is 4.07. The lowest BCUT2D eigenvalue weighted by Gasteiger charge is -2.25. The minimum Gasteiger partial charge on any atom is -0.488 e. The van der Waals surface area contributed by atoms with Gasteiger partial charge in [-0.1, -0.05) is 31.0 Å². The molecule has 0 bridgehead atoms. The number of amides is 2. The van der Waals surface area contributed by atoms with Crippen molar-refractivity contribution >= 4 is 11.8 Å². The quantitative estimate of drug-likeness (QED) is 0.710. The number of hydrogen-bond acceptors (Lipinski definition) is 4. The number of para-hydroxylation sites is 1. The van der Waals surface area contributed by atoms with Gasteiger partial charge in [-0.15, -0.1) is 0 Å². The Morgan fingerprint density at radius 3 is 2.63 bits per heavy atom. The molecule has 148 valence electrons. The normalized spacial score (nSPS) is 22.8. The lowest BCUT2D eigenvalue weighted by atomic mass is 10.0. The van der Waals surface area contributed by atoms with Gasteiger partial charge >= 0.3 is 0 Å². The van der Waals surface area contributed by atoms with Crippen LogP contribution >= 0.6 is 0 Å². The van der Waals surface area contributed by atoms with Crippen LogP contribution in [0.15, 0.2) is 30.3 Å². The zero-order chi connectivity index (χ0) is 19.1. The molecule has 1 saturated heterocycles. The van der Waals surface area contributed by atoms with E-state index in [0.29, 0.717) is 38.5 Å². The maximum absolute atomic E-state index is 12.9. The highest BCUT2D eigenvalue weighted by atomic mass is 16.5. The molecule has 3 rings (SSSR count). The van der Waals surface area contributed by atoms with Crippen LogP contribution in [0.2, 0.25) is 0 Å². The van der Waals surface area contributed by atoms with Gasteiger partial charge in [-0.2, -0.15) is 0 Å². The summed E-state index contributed by atoms with van der Waals surface area (Å²) in [6.45, 7) is 1.36. The molecule has 1 aromatic carbocycles. The van der Waals surface area contributed by atoms with E-state index in [2.05, 4.69) is 5.32 Å². The first-order valence-corrected chi connectivity index (χ1v) is 9.95. The molecule has 1 aromatic rings. The summed E-state index contributed by atoms with van der Waals surface area (Å²) in [6.07, 6.45) is 5.54. The molecule has 1 aliphatic heterocycles. The first-order chi connectivity index (χ1) is 13.2. The fraction of sp³-hybridized carbons (Fsp3) is 0.619. The SMILES string of the molecule is COCCNC(=O)[C@H]1C[C@H](Oc2ccccc2)CN1C(=O)CC1CCCC1. The van der Waals surface area contributed by atoms with Gasteiger partial charge in [-0.3, -0.25) is 9.59 Å². The summed E-state index contributed by atoms with van der Waals surface area (Å²) in [4.78, 5) is 27.3. The van der Waals surface area contributed by atoms with Crippen molar-refractivity contribution in [2.45, 2.75) is 50.7 Å². The number of nitrogens with zero attached hydrogens (tertiary/aromatic N) is 1. The second kappa shape index (κ2) is 9.74. The molecule has 1 N–H and O–H groups in total. The van der Waals surface area contributed by atoms with E-state index >= 15 is 0 Å². The number of likely N-dealkylation sites (tertiary alicyclic amines) is 1. The highest BCUT2D eigenvalue weighted by Gasteiger charge is 2.41. The lowest BCUT2D eigenvalue weighted by Crippen LogP contribution is -2.46. The number of carbonyl (C=O) groups is 2. The average Bonchev–Trinajstić information content (AvgIpc) is 3.32. The van der Waals surface area contributed by atoms with Gasteiger partial charge in [0.2, 0.25) is 11.8 Å². The van der Waals surface area contributed by atoms with E-state index in [4.69, 9.17) is 9.47 Å². The minimum atomic E-state index is -0.468. The van der Waals surface area contributed by atoms with Crippen LogP contribution in [0.25, 0.3) is 0 Å². The van der Waals surface area contributed by atoms with Crippen molar-refractivity contribution in [1.82, 2.24) is 10.2 Å². The second-order valence-electron chi connectivity index (χ2n) is 7.49. The first-order valence-electron chi connectivity index (χ1n) is 9.95. The highest BCUT2D eigenvalue weighted by molar-refractivity contribution is 5.88. The minimum absolute atomic E-state index is 0.0768. The zero-order valence-electron chi connectivity index (χ0n) is 16.1. The van der Waals surface area contributed by atoms with Gasteiger partial charge in [-0.05, 0) is 30.9 Å². The summed E-state index contributed by atoms with van der Waals surface area (Å²) in [7, 11) is 1.60. The largest absolute Gasteiger partial charge is 0.488 e. The molecule has 2 atom stereocenters. The molecule has 6 nitrogen and oxygen atoms in total. The number of hydrogen-bond donors (Lipinski definition) is 1. The van der Waals surface area contributed by atoms with Gasteiger partial charge in [-0.25, -0.2) is 0 Å². The molecule has 1 saturated carbocycles. The fourth-order valence-corrected chi connectivity index (χ4v) is 4.07. The monoisotopic (exact) mass is 374 g/mol. The van der Waals surface area contributed by atoms with Crippen molar-refractivity contribution in [3.05, 3.63) is 30.3 Å². The van der Waals surface area contributed by atoms with Gasteiger partial charge in [0.1, 0.15) is 17.9 Å². The van der Waals surface area contributed by atoms with E-state index in [1.165, 1.54) is 12.8 Å². The maximum atomic E-state index is 12.9. The van der Waals surface area contributed by atoms with Crippen molar-refractivity contribution < 1.29 is 19.1 Å². The Morgan fingerprint density at radius 1 is 1.19 bits per heavy atom. The molecule has 0 radical (unpaired) electrons. The molecular weight excluding hydrogens is 344 g/mol. The number of nitrogens with one attached hydrogen (secondary N) is 1. The standard InChI is InChI=1S/C21H30N2O4/c1-26-12-11-22-21(25)19-14-18(27-17-9-3-2-4-10-17)15-23(19)20(24)13-16-7-5-6-8-16/h2-4,9-10,16,18-19H,5-8,11-15H2,1H3,(H,22,25)/t18-,19+/m0/s1. The molecule has 6 heteroatoms. The number of ether oxygens (including phenoxy) is 2. The van der Waals surface area contributed by atoms with Gasteiger partial charge in [0.05, 0.1) is 13.2 Å². The number of benzene rings is 1. The smallest absolute Gasteiger partial charge is 0.243 e. The average molecular weight is 374 g/mol. The molecular formula is C21H30N2O4. The van der Waals surface area contributed by atoms with Crippen LogP contribution < -0.4 is 10.1 Å². The summed E-state index contributed by atoms with van der Waals surface area (Å²) < 4.78 is 11.0. The van der Waals surface area contributed by atoms with Gasteiger partial charge in [0.15, 0.2) is 0 Å². The molecule has 0 aromatic heterocycles. The molecule has 27 heavy (non-hydrogen) atoms. The van der Waals surface area contributed by atoms with Crippen molar-refractivity contribution in [3.63, 3.8) is 0 Å². The van der Waals surface area contributed by atoms with E-state index in [1.807, 2.05) is 30.3 Å². The summed E-state index contributed by atoms with van der Waals surface area (Å²) in [5.74, 6) is 1.19. The second-order valence-corrected chi connectivity index (χ2v) is 7.49. The topological polar surface area (TPSA) is 67.9 Å². The van der Waals surface area contributed by atoms with Crippen molar-refractivity contribution in [2.75, 3.05) is 26.8 Å². The van der Waals surface area contributed by atoms with Crippen LogP contribution in [0, 0.1) is 5.92 Å². The third-order valence-electron chi connectivity index (χ3n) is 5.48. The summed E-state index contributed by atoms with van der Waals surface area (Å²) in [5.41, 5.74) is 0. The van der Waals surface area contributed by atoms with Crippen LogP contribution in [-0.4, -0.2) is 55.7 Å². The third-order valence-corrected chi connectivity index (χ3v) is 5.48. The predicted octanol–water partition coefficient (Wildman–Crippen LogP) is 2.38. The molecule has 0 unspecified atom stereocenters. The van der Waals surface area contributed by atoms with Gasteiger partial charge in [0, 0.05) is 26.5 Å². The van der Waals surface area contributed by atoms with Crippen LogP contribution in [-0.2, 0) is 14.3 Å². The summed E-state index contributed by atoms with van der Waals surface area (Å²) >= 11 is 0. The van der Waals surface area contributed by atoms with Crippen molar-refractivity contribution in [3.8, 4) is 5.75 Å². The first kappa shape index (κ1) is 19.7. The van der Waals surface area contributed by atoms with Crippen LogP contribution in [0.5, 0.6) is 5.75 Å². The van der Waals surface area contributed by atoms with E-state index in [-0.39, 0.29) is 17.9 Å². The highest BCUT2D eigenvalue weighted by Crippen LogP contribution is 2.30. The molecule has 0 spiro atoms. The van der Waals surface area contributed by atoms with Crippen molar-refractivity contribution in [2.24, 2.45) is 5.92 Å². The predicted molar refractivity (Wildman–Crippen MR) is 102 cm³/mol. The Balaban J connectivity index is 1.64. The van der Waals surface area contributed by atoms with E-state index < -0.39 is 6.04 Å². The van der Waals surface area contributed by atoms with Crippen LogP contribution in [0.1, 0.15) is 38.5 Å². The number of carbonyl (C=O) groups excluding carboxylic acids is 2. The lowest BCUT2D eigenvalue weighted by molar-refractivity contribution is -0.139. The third kappa shape index (κ3) is 5.45. The van der Waals surface area contributed by atoms with E-state index in [9.17, 15) is 9.59 Å². The Kier molecular flexibility index (Phi) is 7.10. The van der Waals surface area contributed by atoms with Crippen LogP contribution in [0.4, 0.5) is 0 Å². The number of methoxy groups -OCH3 is 1. The number of rotatable bonds is 8. The molecule has 1 heterocycles. The Morgan fingerprint density at radius 2 is 1.93 bits per heavy atom. The van der Waals surface area contributed by atoms with Crippen LogP contribution in [0.3, 0.4) is 0 Å². The van der Waals surface area contributed by atoms with E-state index in [0.717, 1.165) is 18.6 Å². The maximum Gasteiger partial charge on any atom is 0.243 e. The van der Waals surface area contributed by atoms with Gasteiger partial charge < -0.3 is 19.7 Å². The summed E-state index contributed by atoms with van der Waals surface area (Å²) in [6, 6.07) is 9.10. The molecule has 1 aliphatic carbocycles. The Bertz CT molecular complexity index is 616. The Labute approximate surface area is 161 Å². The molecule has 2 amide bonds. The Hall–Kier alpha value is -2.08. The molecule has 2 aliphatic rings. The van der Waals surface area contributed by atoms with E-state index in [1.54, 1.807) is 12.0 Å². The van der Waals surface area contributed by atoms with Crippen molar-refractivity contribution in [1.29, 1.82) is 0 Å². The van der Waals surface area contributed by atoms with Gasteiger partial charge in [0.25, 0.3) is 0 Å². The molecule has 2 fully saturated rings. The zero-order valence-corrected chi connectivity index (χ0v) is 16.1.